The minimum absolute atomic E-state index is 1.03. The Morgan fingerprint density at radius 3 is 1.22 bits per heavy atom. The molecule has 0 unspecified atom stereocenters. The van der Waals surface area contributed by atoms with Crippen LogP contribution in [0.15, 0.2) is 12.7 Å². The summed E-state index contributed by atoms with van der Waals surface area (Å²) in [5.74, 6) is 0. The van der Waals surface area contributed by atoms with E-state index < -0.39 is 0 Å². The molecule has 0 aromatic heterocycles. The number of hydrogen-bond donors (Lipinski definition) is 0. The fourth-order valence-electron chi connectivity index (χ4n) is 0.930. The number of halogens is 1. The Morgan fingerprint density at radius 2 is 1.11 bits per heavy atom. The molecule has 96 valence electrons. The third-order valence-electron chi connectivity index (χ3n) is 1.77. The molecule has 0 amide bonds. The van der Waals surface area contributed by atoms with Crippen molar-refractivity contribution in [1.82, 2.24) is 0 Å². The summed E-state index contributed by atoms with van der Waals surface area (Å²) in [6.07, 6.45) is 25.3. The Hall–Kier alpha value is 0.744. The van der Waals surface area contributed by atoms with Crippen LogP contribution in [0.3, 0.4) is 0 Å². The van der Waals surface area contributed by atoms with E-state index in [1.165, 1.54) is 25.8 Å². The Bertz CT molecular complexity index is 104. The van der Waals surface area contributed by atoms with Gasteiger partial charge in [0.05, 0.1) is 0 Å². The van der Waals surface area contributed by atoms with Crippen LogP contribution in [-0.4, -0.2) is 0 Å². The van der Waals surface area contributed by atoms with Crippen LogP contribution < -0.4 is 0 Å². The van der Waals surface area contributed by atoms with Crippen molar-refractivity contribution >= 4 is 9.30 Å². The van der Waals surface area contributed by atoms with E-state index in [-0.39, 0.29) is 0 Å². The molecule has 2 heteroatoms. The van der Waals surface area contributed by atoms with Gasteiger partial charge in [-0.3, -0.25) is 0 Å². The third-order valence-corrected chi connectivity index (χ3v) is 1.77. The van der Waals surface area contributed by atoms with Gasteiger partial charge in [0.2, 0.25) is 0 Å². The van der Waals surface area contributed by atoms with Crippen LogP contribution in [0.2, 0.25) is 0 Å². The van der Waals surface area contributed by atoms with Gasteiger partial charge in [0.25, 0.3) is 0 Å². The first-order valence-electron chi connectivity index (χ1n) is 5.84. The first-order valence-corrected chi connectivity index (χ1v) is 7.99. The Morgan fingerprint density at radius 1 is 0.833 bits per heavy atom. The molecule has 0 bridgehead atoms. The quantitative estimate of drug-likeness (QED) is 0.300. The van der Waals surface area contributed by atoms with Crippen molar-refractivity contribution < 1.29 is 19.4 Å². The zero-order valence-electron chi connectivity index (χ0n) is 10.8. The second-order valence-corrected chi connectivity index (χ2v) is 3.21. The molecular weight excluding hydrogens is 275 g/mol. The van der Waals surface area contributed by atoms with Gasteiger partial charge in [-0.05, 0) is 70.6 Å². The first-order chi connectivity index (χ1) is 8.91. The zero-order valence-corrected chi connectivity index (χ0v) is 13.1. The van der Waals surface area contributed by atoms with Gasteiger partial charge in [-0.1, -0.05) is 12.5 Å². The van der Waals surface area contributed by atoms with E-state index in [9.17, 15) is 0 Å². The molecule has 2 rings (SSSR count). The Balaban J connectivity index is 0. The summed E-state index contributed by atoms with van der Waals surface area (Å²) in [6.45, 7) is 7.25. The molecule has 0 aromatic carbocycles. The van der Waals surface area contributed by atoms with Crippen molar-refractivity contribution in [2.45, 2.75) is 19.3 Å². The van der Waals surface area contributed by atoms with E-state index in [4.69, 9.17) is 0 Å². The summed E-state index contributed by atoms with van der Waals surface area (Å²) in [4.78, 5) is 0. The van der Waals surface area contributed by atoms with E-state index in [2.05, 4.69) is 22.8 Å². The van der Waals surface area contributed by atoms with E-state index in [1.54, 1.807) is 0 Å². The van der Waals surface area contributed by atoms with Gasteiger partial charge in [0.1, 0.15) is 0 Å². The predicted octanol–water partition coefficient (Wildman–Crippen LogP) is 4.91. The van der Waals surface area contributed by atoms with Crippen LogP contribution in [0.5, 0.6) is 0 Å². The van der Waals surface area contributed by atoms with Crippen molar-refractivity contribution in [3.8, 4) is 0 Å². The van der Waals surface area contributed by atoms with Gasteiger partial charge in [-0.2, -0.15) is 6.42 Å². The molecule has 0 heterocycles. The van der Waals surface area contributed by atoms with Gasteiger partial charge < -0.3 is 6.92 Å². The maximum absolute atomic E-state index is 4.64. The van der Waals surface area contributed by atoms with E-state index in [1.807, 2.05) is 70.3 Å². The molecule has 0 spiro atoms. The molecule has 2 fully saturated rings. The van der Waals surface area contributed by atoms with Crippen LogP contribution in [0, 0.1) is 71.1 Å². The topological polar surface area (TPSA) is 0 Å². The number of allylic oxidation sites excluding steroid dienone is 1. The zero-order chi connectivity index (χ0) is 13.9. The SMILES string of the molecule is C=CCCC[CH2-].[CH]1[CH][CH][CH][CH]1.[CH]1[CH][CH][CH][CH]1.[Cl][Ti+]. The fraction of sp³-hybridized carbons (Fsp3) is 0.188. The van der Waals surface area contributed by atoms with Crippen molar-refractivity contribution in [1.29, 1.82) is 0 Å². The van der Waals surface area contributed by atoms with Gasteiger partial charge in [0.15, 0.2) is 0 Å². The normalized spacial score (nSPS) is 16.3. The summed E-state index contributed by atoms with van der Waals surface area (Å²) in [7, 11) is 4.64. The molecule has 2 aliphatic carbocycles. The van der Waals surface area contributed by atoms with Gasteiger partial charge in [0, 0.05) is 0 Å². The Labute approximate surface area is 131 Å². The summed E-state index contributed by atoms with van der Waals surface area (Å²) >= 11 is 1.47. The molecule has 0 nitrogen and oxygen atoms in total. The third kappa shape index (κ3) is 22.0. The second kappa shape index (κ2) is 22.9. The Kier molecular flexibility index (Phi) is 26.8. The maximum atomic E-state index is 4.64. The van der Waals surface area contributed by atoms with E-state index in [0.717, 1.165) is 12.8 Å². The van der Waals surface area contributed by atoms with E-state index >= 15 is 0 Å². The molecule has 0 atom stereocenters. The summed E-state index contributed by atoms with van der Waals surface area (Å²) < 4.78 is 0. The van der Waals surface area contributed by atoms with Crippen molar-refractivity contribution in [3.63, 3.8) is 0 Å². The molecular formula is C16H21ClTi. The molecule has 0 saturated heterocycles. The van der Waals surface area contributed by atoms with Gasteiger partial charge in [-0.15, -0.1) is 6.58 Å². The molecule has 0 N–H and O–H groups in total. The van der Waals surface area contributed by atoms with Crippen molar-refractivity contribution in [2.24, 2.45) is 0 Å². The van der Waals surface area contributed by atoms with Crippen LogP contribution in [0.4, 0.5) is 0 Å². The molecule has 2 aliphatic rings. The van der Waals surface area contributed by atoms with Crippen molar-refractivity contribution in [2.75, 3.05) is 0 Å². The average Bonchev–Trinajstić information content (AvgIpc) is 3.15. The summed E-state index contributed by atoms with van der Waals surface area (Å²) in [5.41, 5.74) is 0. The van der Waals surface area contributed by atoms with Crippen LogP contribution in [0.1, 0.15) is 19.3 Å². The summed E-state index contributed by atoms with van der Waals surface area (Å²) in [5, 5.41) is 0. The van der Waals surface area contributed by atoms with Crippen LogP contribution in [-0.2, 0) is 19.4 Å². The molecule has 0 aromatic rings. The monoisotopic (exact) mass is 296 g/mol. The molecule has 18 heavy (non-hydrogen) atoms. The molecule has 2 saturated carbocycles. The summed E-state index contributed by atoms with van der Waals surface area (Å²) in [6, 6.07) is 0. The fourth-order valence-corrected chi connectivity index (χ4v) is 0.930. The van der Waals surface area contributed by atoms with Gasteiger partial charge in [-0.25, -0.2) is 0 Å². The average molecular weight is 297 g/mol. The minimum atomic E-state index is 1.03. The van der Waals surface area contributed by atoms with Gasteiger partial charge >= 0.3 is 28.7 Å². The second-order valence-electron chi connectivity index (χ2n) is 3.21. The standard InChI is InChI=1S/C6H11.2C5H5.ClH.Ti/c1-3-5-6-4-2;2*1-2-4-5-3-1;;/h3H,1-2,4-6H2;2*1-5H;1H;/q-1;;;;+2/p-1. The van der Waals surface area contributed by atoms with Crippen molar-refractivity contribution in [3.05, 3.63) is 83.8 Å². The predicted molar refractivity (Wildman–Crippen MR) is 78.3 cm³/mol. The van der Waals surface area contributed by atoms with Crippen LogP contribution in [0.25, 0.3) is 0 Å². The first kappa shape index (κ1) is 21.1. The molecule has 0 aliphatic heterocycles. The number of rotatable bonds is 3. The van der Waals surface area contributed by atoms with E-state index in [0.29, 0.717) is 0 Å². The number of hydrogen-bond acceptors (Lipinski definition) is 0. The molecule has 10 radical (unpaired) electrons. The number of unbranched alkanes of at least 4 members (excludes halogenated alkanes) is 2. The van der Waals surface area contributed by atoms with Crippen LogP contribution >= 0.6 is 9.30 Å².